The Balaban J connectivity index is 2.15. The van der Waals surface area contributed by atoms with Crippen molar-refractivity contribution in [2.45, 2.75) is 37.6 Å². The molecule has 3 N–H and O–H groups in total. The van der Waals surface area contributed by atoms with E-state index in [-0.39, 0.29) is 5.91 Å². The van der Waals surface area contributed by atoms with E-state index in [9.17, 15) is 4.79 Å². The zero-order valence-electron chi connectivity index (χ0n) is 7.81. The van der Waals surface area contributed by atoms with Crippen LogP contribution in [-0.2, 0) is 4.79 Å². The summed E-state index contributed by atoms with van der Waals surface area (Å²) in [6.45, 7) is 0.641. The average molecular weight is 180 g/mol. The maximum Gasteiger partial charge on any atom is 0.240 e. The second-order valence-corrected chi connectivity index (χ2v) is 3.57. The van der Waals surface area contributed by atoms with Gasteiger partial charge >= 0.3 is 0 Å². The van der Waals surface area contributed by atoms with Crippen LogP contribution >= 0.6 is 0 Å². The van der Waals surface area contributed by atoms with Crippen LogP contribution in [0.15, 0.2) is 0 Å². The molecule has 72 valence electrons. The summed E-state index contributed by atoms with van der Waals surface area (Å²) in [5.41, 5.74) is 5.24. The van der Waals surface area contributed by atoms with E-state index in [1.807, 2.05) is 0 Å². The summed E-state index contributed by atoms with van der Waals surface area (Å²) in [5, 5.41) is 2.80. The summed E-state index contributed by atoms with van der Waals surface area (Å²) >= 11 is 0. The van der Waals surface area contributed by atoms with Crippen molar-refractivity contribution in [3.8, 4) is 12.3 Å². The van der Waals surface area contributed by atoms with Crippen LogP contribution in [0.1, 0.15) is 32.1 Å². The molecule has 0 bridgehead atoms. The number of rotatable bonds is 4. The number of unbranched alkanes of at least 4 members (excludes halogenated alkanes) is 1. The van der Waals surface area contributed by atoms with E-state index in [2.05, 4.69) is 11.2 Å². The van der Waals surface area contributed by atoms with Gasteiger partial charge in [-0.2, -0.15) is 0 Å². The van der Waals surface area contributed by atoms with Gasteiger partial charge in [-0.25, -0.2) is 0 Å². The summed E-state index contributed by atoms with van der Waals surface area (Å²) < 4.78 is 0. The monoisotopic (exact) mass is 180 g/mol. The van der Waals surface area contributed by atoms with Crippen molar-refractivity contribution in [3.63, 3.8) is 0 Å². The van der Waals surface area contributed by atoms with Crippen molar-refractivity contribution in [2.75, 3.05) is 6.54 Å². The number of nitrogens with one attached hydrogen (secondary N) is 1. The lowest BCUT2D eigenvalue weighted by Crippen LogP contribution is -2.58. The lowest BCUT2D eigenvalue weighted by molar-refractivity contribution is -0.129. The van der Waals surface area contributed by atoms with Gasteiger partial charge in [-0.15, -0.1) is 12.3 Å². The van der Waals surface area contributed by atoms with Crippen LogP contribution < -0.4 is 11.1 Å². The van der Waals surface area contributed by atoms with Gasteiger partial charge < -0.3 is 11.1 Å². The number of carbonyl (C=O) groups excluding carboxylic acids is 1. The topological polar surface area (TPSA) is 55.1 Å². The molecule has 0 aliphatic heterocycles. The Morgan fingerprint density at radius 1 is 1.62 bits per heavy atom. The first-order valence-electron chi connectivity index (χ1n) is 4.70. The fourth-order valence-electron chi connectivity index (χ4n) is 1.35. The molecule has 1 amide bonds. The summed E-state index contributed by atoms with van der Waals surface area (Å²) in [4.78, 5) is 11.4. The van der Waals surface area contributed by atoms with Gasteiger partial charge in [-0.3, -0.25) is 4.79 Å². The molecule has 1 aliphatic carbocycles. The molecule has 0 saturated heterocycles. The first kappa shape index (κ1) is 10.1. The Bertz CT molecular complexity index is 226. The number of terminal acetylenes is 1. The van der Waals surface area contributed by atoms with Crippen molar-refractivity contribution >= 4 is 5.91 Å². The first-order chi connectivity index (χ1) is 6.19. The molecular formula is C10H16N2O. The molecule has 13 heavy (non-hydrogen) atoms. The lowest BCUT2D eigenvalue weighted by atomic mass is 9.77. The second-order valence-electron chi connectivity index (χ2n) is 3.57. The Labute approximate surface area is 79.1 Å². The number of amides is 1. The van der Waals surface area contributed by atoms with Gasteiger partial charge in [0.1, 0.15) is 0 Å². The molecule has 3 nitrogen and oxygen atoms in total. The zero-order valence-corrected chi connectivity index (χ0v) is 7.81. The molecule has 1 saturated carbocycles. The third-order valence-electron chi connectivity index (χ3n) is 2.48. The lowest BCUT2D eigenvalue weighted by Gasteiger charge is -2.36. The highest BCUT2D eigenvalue weighted by Crippen LogP contribution is 2.28. The van der Waals surface area contributed by atoms with Gasteiger partial charge in [-0.05, 0) is 25.7 Å². The summed E-state index contributed by atoms with van der Waals surface area (Å²) in [6, 6.07) is 0. The summed E-state index contributed by atoms with van der Waals surface area (Å²) in [7, 11) is 0. The van der Waals surface area contributed by atoms with Crippen LogP contribution in [0, 0.1) is 12.3 Å². The van der Waals surface area contributed by atoms with E-state index in [1.54, 1.807) is 0 Å². The van der Waals surface area contributed by atoms with E-state index >= 15 is 0 Å². The molecule has 0 aromatic rings. The average Bonchev–Trinajstić information content (AvgIpc) is 2.08. The normalized spacial score (nSPS) is 18.5. The van der Waals surface area contributed by atoms with Crippen molar-refractivity contribution in [3.05, 3.63) is 0 Å². The molecule has 3 heteroatoms. The van der Waals surface area contributed by atoms with Gasteiger partial charge in [-0.1, -0.05) is 0 Å². The third kappa shape index (κ3) is 2.46. The predicted octanol–water partition coefficient (Wildman–Crippen LogP) is 0.397. The van der Waals surface area contributed by atoms with Crippen molar-refractivity contribution in [1.82, 2.24) is 5.32 Å². The molecule has 0 radical (unpaired) electrons. The zero-order chi connectivity index (χ0) is 9.73. The molecule has 1 fully saturated rings. The number of hydrogen-bond donors (Lipinski definition) is 2. The molecule has 0 unspecified atom stereocenters. The molecular weight excluding hydrogens is 164 g/mol. The minimum atomic E-state index is -0.573. The fourth-order valence-corrected chi connectivity index (χ4v) is 1.35. The highest BCUT2D eigenvalue weighted by atomic mass is 16.2. The SMILES string of the molecule is C#CCCCNC(=O)C1(N)CCC1. The standard InChI is InChI=1S/C10H16N2O/c1-2-3-4-8-12-9(13)10(11)6-5-7-10/h1H,3-8,11H2,(H,12,13). The van der Waals surface area contributed by atoms with Crippen LogP contribution in [0.5, 0.6) is 0 Å². The summed E-state index contributed by atoms with van der Waals surface area (Å²) in [5.74, 6) is 2.51. The van der Waals surface area contributed by atoms with E-state index in [1.165, 1.54) is 0 Å². The molecule has 0 aromatic carbocycles. The Morgan fingerprint density at radius 2 is 2.31 bits per heavy atom. The van der Waals surface area contributed by atoms with E-state index in [0.29, 0.717) is 13.0 Å². The van der Waals surface area contributed by atoms with Crippen molar-refractivity contribution in [1.29, 1.82) is 0 Å². The Morgan fingerprint density at radius 3 is 2.77 bits per heavy atom. The quantitative estimate of drug-likeness (QED) is 0.486. The molecule has 0 spiro atoms. The predicted molar refractivity (Wildman–Crippen MR) is 51.8 cm³/mol. The molecule has 1 rings (SSSR count). The molecule has 0 atom stereocenters. The maximum absolute atomic E-state index is 11.4. The number of nitrogens with two attached hydrogens (primary N) is 1. The number of hydrogen-bond acceptors (Lipinski definition) is 2. The van der Waals surface area contributed by atoms with Crippen LogP contribution in [-0.4, -0.2) is 18.0 Å². The smallest absolute Gasteiger partial charge is 0.240 e. The van der Waals surface area contributed by atoms with E-state index in [0.717, 1.165) is 25.7 Å². The van der Waals surface area contributed by atoms with Crippen LogP contribution in [0.3, 0.4) is 0 Å². The molecule has 0 aromatic heterocycles. The van der Waals surface area contributed by atoms with Crippen LogP contribution in [0.25, 0.3) is 0 Å². The third-order valence-corrected chi connectivity index (χ3v) is 2.48. The van der Waals surface area contributed by atoms with Crippen molar-refractivity contribution in [2.24, 2.45) is 5.73 Å². The highest BCUT2D eigenvalue weighted by Gasteiger charge is 2.39. The Kier molecular flexibility index (Phi) is 3.32. The maximum atomic E-state index is 11.4. The Hall–Kier alpha value is -1.01. The van der Waals surface area contributed by atoms with Gasteiger partial charge in [0.2, 0.25) is 5.91 Å². The van der Waals surface area contributed by atoms with Crippen molar-refractivity contribution < 1.29 is 4.79 Å². The van der Waals surface area contributed by atoms with Gasteiger partial charge in [0.05, 0.1) is 5.54 Å². The highest BCUT2D eigenvalue weighted by molar-refractivity contribution is 5.86. The second kappa shape index (κ2) is 4.29. The van der Waals surface area contributed by atoms with Gasteiger partial charge in [0.15, 0.2) is 0 Å². The van der Waals surface area contributed by atoms with E-state index in [4.69, 9.17) is 12.2 Å². The minimum Gasteiger partial charge on any atom is -0.354 e. The largest absolute Gasteiger partial charge is 0.354 e. The van der Waals surface area contributed by atoms with E-state index < -0.39 is 5.54 Å². The minimum absolute atomic E-state index is 0.0178. The number of carbonyl (C=O) groups is 1. The summed E-state index contributed by atoms with van der Waals surface area (Å²) in [6.07, 6.45) is 9.31. The first-order valence-corrected chi connectivity index (χ1v) is 4.70. The molecule has 1 aliphatic rings. The van der Waals surface area contributed by atoms with Crippen LogP contribution in [0.2, 0.25) is 0 Å². The molecule has 0 heterocycles. The fraction of sp³-hybridized carbons (Fsp3) is 0.700. The van der Waals surface area contributed by atoms with Gasteiger partial charge in [0.25, 0.3) is 0 Å². The van der Waals surface area contributed by atoms with Crippen LogP contribution in [0.4, 0.5) is 0 Å². The van der Waals surface area contributed by atoms with Gasteiger partial charge in [0, 0.05) is 13.0 Å².